The lowest BCUT2D eigenvalue weighted by Gasteiger charge is -2.13. The monoisotopic (exact) mass is 399 g/mol. The fourth-order valence-corrected chi connectivity index (χ4v) is 3.52. The highest BCUT2D eigenvalue weighted by atomic mass is 32.1. The van der Waals surface area contributed by atoms with Crippen LogP contribution in [0.1, 0.15) is 42.5 Å². The first-order valence-electron chi connectivity index (χ1n) is 9.27. The number of hydrogen-bond acceptors (Lipinski definition) is 3. The van der Waals surface area contributed by atoms with Gasteiger partial charge in [0.2, 0.25) is 5.91 Å². The normalized spacial score (nSPS) is 13.8. The highest BCUT2D eigenvalue weighted by molar-refractivity contribution is 7.80. The Morgan fingerprint density at radius 3 is 2.43 bits per heavy atom. The maximum atomic E-state index is 13.0. The second-order valence-corrected chi connectivity index (χ2v) is 7.31. The van der Waals surface area contributed by atoms with Crippen LogP contribution < -0.4 is 16.0 Å². The van der Waals surface area contributed by atoms with E-state index in [-0.39, 0.29) is 22.7 Å². The van der Waals surface area contributed by atoms with Crippen molar-refractivity contribution in [2.75, 3.05) is 10.6 Å². The first kappa shape index (κ1) is 19.9. The lowest BCUT2D eigenvalue weighted by molar-refractivity contribution is -0.120. The highest BCUT2D eigenvalue weighted by Gasteiger charge is 2.19. The maximum absolute atomic E-state index is 13.0. The molecule has 7 heteroatoms. The van der Waals surface area contributed by atoms with E-state index in [1.165, 1.54) is 37.1 Å². The Kier molecular flexibility index (Phi) is 6.71. The van der Waals surface area contributed by atoms with Gasteiger partial charge in [0.25, 0.3) is 5.91 Å². The highest BCUT2D eigenvalue weighted by Crippen LogP contribution is 2.27. The number of rotatable bonds is 5. The number of halogens is 1. The summed E-state index contributed by atoms with van der Waals surface area (Å²) in [5.41, 5.74) is 1.51. The zero-order valence-electron chi connectivity index (χ0n) is 15.3. The van der Waals surface area contributed by atoms with Gasteiger partial charge in [-0.25, -0.2) is 4.39 Å². The Morgan fingerprint density at radius 1 is 1.00 bits per heavy atom. The van der Waals surface area contributed by atoms with Crippen LogP contribution in [0.4, 0.5) is 15.8 Å². The molecule has 0 saturated heterocycles. The molecule has 1 aliphatic carbocycles. The van der Waals surface area contributed by atoms with Crippen LogP contribution in [0.2, 0.25) is 0 Å². The first-order chi connectivity index (χ1) is 13.5. The minimum absolute atomic E-state index is 0.0883. The van der Waals surface area contributed by atoms with Crippen LogP contribution in [0.5, 0.6) is 0 Å². The molecular formula is C21H22FN3O2S. The molecule has 28 heavy (non-hydrogen) atoms. The van der Waals surface area contributed by atoms with E-state index in [0.717, 1.165) is 12.8 Å². The third-order valence-electron chi connectivity index (χ3n) is 4.69. The van der Waals surface area contributed by atoms with Crippen molar-refractivity contribution >= 4 is 40.5 Å². The van der Waals surface area contributed by atoms with Crippen molar-refractivity contribution in [3.8, 4) is 0 Å². The molecule has 1 fully saturated rings. The SMILES string of the molecule is O=C(CC1CCCC1)NC(=S)Nc1cccc(C(=O)Nc2ccc(F)cc2)c1. The molecule has 0 unspecified atom stereocenters. The van der Waals surface area contributed by atoms with E-state index in [2.05, 4.69) is 16.0 Å². The quantitative estimate of drug-likeness (QED) is 0.649. The smallest absolute Gasteiger partial charge is 0.255 e. The van der Waals surface area contributed by atoms with Crippen molar-refractivity contribution in [2.24, 2.45) is 5.92 Å². The van der Waals surface area contributed by atoms with Gasteiger partial charge in [0, 0.05) is 23.4 Å². The van der Waals surface area contributed by atoms with Crippen LogP contribution in [0, 0.1) is 11.7 Å². The lowest BCUT2D eigenvalue weighted by Crippen LogP contribution is -2.34. The predicted molar refractivity (Wildman–Crippen MR) is 112 cm³/mol. The van der Waals surface area contributed by atoms with E-state index in [1.807, 2.05) is 0 Å². The van der Waals surface area contributed by atoms with Gasteiger partial charge in [0.15, 0.2) is 5.11 Å². The summed E-state index contributed by atoms with van der Waals surface area (Å²) in [6.45, 7) is 0. The van der Waals surface area contributed by atoms with Gasteiger partial charge in [0.1, 0.15) is 5.82 Å². The third kappa shape index (κ3) is 5.85. The molecule has 2 aromatic carbocycles. The van der Waals surface area contributed by atoms with Crippen LogP contribution in [0.25, 0.3) is 0 Å². The topological polar surface area (TPSA) is 70.2 Å². The number of thiocarbonyl (C=S) groups is 1. The van der Waals surface area contributed by atoms with Crippen molar-refractivity contribution in [3.63, 3.8) is 0 Å². The zero-order valence-corrected chi connectivity index (χ0v) is 16.2. The number of amides is 2. The van der Waals surface area contributed by atoms with E-state index in [4.69, 9.17) is 12.2 Å². The first-order valence-corrected chi connectivity index (χ1v) is 9.68. The van der Waals surface area contributed by atoms with Crippen molar-refractivity contribution < 1.29 is 14.0 Å². The van der Waals surface area contributed by atoms with Gasteiger partial charge in [-0.1, -0.05) is 18.9 Å². The summed E-state index contributed by atoms with van der Waals surface area (Å²) in [6.07, 6.45) is 5.06. The minimum atomic E-state index is -0.368. The van der Waals surface area contributed by atoms with Crippen molar-refractivity contribution in [3.05, 3.63) is 59.9 Å². The molecule has 0 aliphatic heterocycles. The van der Waals surface area contributed by atoms with Crippen LogP contribution in [0.3, 0.4) is 0 Å². The molecule has 3 rings (SSSR count). The van der Waals surface area contributed by atoms with Gasteiger partial charge >= 0.3 is 0 Å². The van der Waals surface area contributed by atoms with E-state index in [0.29, 0.717) is 29.3 Å². The molecule has 0 bridgehead atoms. The van der Waals surface area contributed by atoms with E-state index < -0.39 is 0 Å². The largest absolute Gasteiger partial charge is 0.332 e. The molecule has 0 atom stereocenters. The fraction of sp³-hybridized carbons (Fsp3) is 0.286. The number of hydrogen-bond donors (Lipinski definition) is 3. The average Bonchev–Trinajstić information content (AvgIpc) is 3.16. The Bertz CT molecular complexity index is 864. The summed E-state index contributed by atoms with van der Waals surface area (Å²) in [6, 6.07) is 12.3. The molecule has 3 N–H and O–H groups in total. The van der Waals surface area contributed by atoms with Gasteiger partial charge in [-0.15, -0.1) is 0 Å². The minimum Gasteiger partial charge on any atom is -0.332 e. The summed E-state index contributed by atoms with van der Waals surface area (Å²) < 4.78 is 13.0. The van der Waals surface area contributed by atoms with E-state index in [1.54, 1.807) is 24.3 Å². The molecule has 0 aromatic heterocycles. The summed E-state index contributed by atoms with van der Waals surface area (Å²) in [7, 11) is 0. The summed E-state index contributed by atoms with van der Waals surface area (Å²) >= 11 is 5.20. The Morgan fingerprint density at radius 2 is 1.71 bits per heavy atom. The summed E-state index contributed by atoms with van der Waals surface area (Å²) in [4.78, 5) is 24.4. The number of anilines is 2. The molecular weight excluding hydrogens is 377 g/mol. The van der Waals surface area contributed by atoms with E-state index >= 15 is 0 Å². The molecule has 146 valence electrons. The van der Waals surface area contributed by atoms with Crippen LogP contribution in [-0.4, -0.2) is 16.9 Å². The van der Waals surface area contributed by atoms with Gasteiger partial charge in [-0.2, -0.15) is 0 Å². The fourth-order valence-electron chi connectivity index (χ4n) is 3.29. The van der Waals surface area contributed by atoms with Gasteiger partial charge in [-0.05, 0) is 73.4 Å². The third-order valence-corrected chi connectivity index (χ3v) is 4.89. The Hall–Kier alpha value is -2.80. The van der Waals surface area contributed by atoms with Gasteiger partial charge < -0.3 is 16.0 Å². The molecule has 1 aliphatic rings. The number of carbonyl (C=O) groups is 2. The molecule has 5 nitrogen and oxygen atoms in total. The van der Waals surface area contributed by atoms with Crippen LogP contribution in [-0.2, 0) is 4.79 Å². The van der Waals surface area contributed by atoms with Crippen molar-refractivity contribution in [1.29, 1.82) is 0 Å². The molecule has 2 amide bonds. The zero-order chi connectivity index (χ0) is 19.9. The summed E-state index contributed by atoms with van der Waals surface area (Å²) in [5.74, 6) is -0.338. The Labute approximate surface area is 168 Å². The van der Waals surface area contributed by atoms with Crippen molar-refractivity contribution in [1.82, 2.24) is 5.32 Å². The lowest BCUT2D eigenvalue weighted by atomic mass is 10.0. The maximum Gasteiger partial charge on any atom is 0.255 e. The van der Waals surface area contributed by atoms with E-state index in [9.17, 15) is 14.0 Å². The molecule has 0 radical (unpaired) electrons. The second kappa shape index (κ2) is 9.41. The average molecular weight is 399 g/mol. The number of nitrogens with one attached hydrogen (secondary N) is 3. The number of carbonyl (C=O) groups excluding carboxylic acids is 2. The molecule has 0 heterocycles. The Balaban J connectivity index is 1.54. The van der Waals surface area contributed by atoms with Crippen molar-refractivity contribution in [2.45, 2.75) is 32.1 Å². The van der Waals surface area contributed by atoms with Gasteiger partial charge in [-0.3, -0.25) is 9.59 Å². The summed E-state index contributed by atoms with van der Waals surface area (Å²) in [5, 5.41) is 8.54. The predicted octanol–water partition coefficient (Wildman–Crippen LogP) is 4.47. The molecule has 0 spiro atoms. The van der Waals surface area contributed by atoms with Gasteiger partial charge in [0.05, 0.1) is 0 Å². The molecule has 2 aromatic rings. The second-order valence-electron chi connectivity index (χ2n) is 6.90. The molecule has 1 saturated carbocycles. The van der Waals surface area contributed by atoms with Crippen LogP contribution in [0.15, 0.2) is 48.5 Å². The number of benzene rings is 2. The standard InChI is InChI=1S/C21H22FN3O2S/c22-16-8-10-17(11-9-16)23-20(27)15-6-3-7-18(13-15)24-21(28)25-19(26)12-14-4-1-2-5-14/h3,6-11,13-14H,1-2,4-5,12H2,(H,23,27)(H2,24,25,26,28). The van der Waals surface area contributed by atoms with Crippen LogP contribution >= 0.6 is 12.2 Å².